The van der Waals surface area contributed by atoms with E-state index >= 15 is 0 Å². The van der Waals surface area contributed by atoms with Gasteiger partial charge in [0.25, 0.3) is 0 Å². The number of hydrogen-bond acceptors (Lipinski definition) is 6. The molecule has 0 saturated carbocycles. The molecule has 7 nitrogen and oxygen atoms in total. The molecule has 1 heterocycles. The van der Waals surface area contributed by atoms with Crippen molar-refractivity contribution in [2.24, 2.45) is 0 Å². The Balaban J connectivity index is 1.65. The number of sulfonamides is 1. The molecule has 1 aliphatic heterocycles. The molecular formula is C18H21NO6S. The first-order valence-corrected chi connectivity index (χ1v) is 9.62. The summed E-state index contributed by atoms with van der Waals surface area (Å²) in [5, 5.41) is 0. The van der Waals surface area contributed by atoms with Crippen molar-refractivity contribution in [3.05, 3.63) is 42.0 Å². The van der Waals surface area contributed by atoms with Crippen molar-refractivity contribution >= 4 is 10.0 Å². The van der Waals surface area contributed by atoms with E-state index in [-0.39, 0.29) is 11.4 Å². The van der Waals surface area contributed by atoms with Crippen molar-refractivity contribution in [1.82, 2.24) is 4.72 Å². The Kier molecular flexibility index (Phi) is 5.53. The second-order valence-electron chi connectivity index (χ2n) is 5.64. The highest BCUT2D eigenvalue weighted by atomic mass is 32.2. The third kappa shape index (κ3) is 4.03. The Morgan fingerprint density at radius 2 is 1.69 bits per heavy atom. The van der Waals surface area contributed by atoms with Gasteiger partial charge in [0.2, 0.25) is 10.0 Å². The van der Waals surface area contributed by atoms with Crippen LogP contribution in [0.1, 0.15) is 5.56 Å². The Morgan fingerprint density at radius 1 is 0.962 bits per heavy atom. The van der Waals surface area contributed by atoms with Gasteiger partial charge in [-0.1, -0.05) is 6.07 Å². The normalized spacial score (nSPS) is 13.3. The molecule has 26 heavy (non-hydrogen) atoms. The van der Waals surface area contributed by atoms with Crippen LogP contribution >= 0.6 is 0 Å². The maximum atomic E-state index is 12.5. The molecule has 0 unspecified atom stereocenters. The van der Waals surface area contributed by atoms with Gasteiger partial charge in [-0.15, -0.1) is 0 Å². The predicted octanol–water partition coefficient (Wildman–Crippen LogP) is 2.00. The molecule has 1 N–H and O–H groups in total. The van der Waals surface area contributed by atoms with Crippen LogP contribution in [-0.4, -0.2) is 42.4 Å². The number of ether oxygens (including phenoxy) is 4. The molecule has 0 aromatic heterocycles. The zero-order chi connectivity index (χ0) is 18.6. The van der Waals surface area contributed by atoms with Crippen molar-refractivity contribution in [2.45, 2.75) is 11.3 Å². The quantitative estimate of drug-likeness (QED) is 0.792. The van der Waals surface area contributed by atoms with Crippen molar-refractivity contribution in [3.63, 3.8) is 0 Å². The van der Waals surface area contributed by atoms with E-state index in [1.807, 2.05) is 18.2 Å². The minimum atomic E-state index is -3.65. The van der Waals surface area contributed by atoms with Crippen LogP contribution in [-0.2, 0) is 16.4 Å². The summed E-state index contributed by atoms with van der Waals surface area (Å²) in [5.41, 5.74) is 0.962. The Hall–Kier alpha value is -2.45. The van der Waals surface area contributed by atoms with Gasteiger partial charge in [0, 0.05) is 12.6 Å². The maximum Gasteiger partial charge on any atom is 0.240 e. The van der Waals surface area contributed by atoms with Crippen molar-refractivity contribution in [1.29, 1.82) is 0 Å². The first-order valence-electron chi connectivity index (χ1n) is 8.14. The summed E-state index contributed by atoms with van der Waals surface area (Å²) in [7, 11) is -0.687. The van der Waals surface area contributed by atoms with Crippen LogP contribution in [0, 0.1) is 0 Å². The molecule has 0 amide bonds. The molecule has 1 aliphatic rings. The molecule has 0 fully saturated rings. The Labute approximate surface area is 152 Å². The van der Waals surface area contributed by atoms with Gasteiger partial charge in [0.05, 0.1) is 19.1 Å². The van der Waals surface area contributed by atoms with E-state index in [1.165, 1.54) is 26.4 Å². The summed E-state index contributed by atoms with van der Waals surface area (Å²) in [5.74, 6) is 2.24. The highest BCUT2D eigenvalue weighted by molar-refractivity contribution is 7.89. The molecule has 0 radical (unpaired) electrons. The fourth-order valence-corrected chi connectivity index (χ4v) is 3.69. The fourth-order valence-electron chi connectivity index (χ4n) is 2.64. The third-order valence-electron chi connectivity index (χ3n) is 3.98. The fraction of sp³-hybridized carbons (Fsp3) is 0.333. The molecular weight excluding hydrogens is 358 g/mol. The van der Waals surface area contributed by atoms with E-state index in [2.05, 4.69) is 4.72 Å². The van der Waals surface area contributed by atoms with Crippen LogP contribution in [0.3, 0.4) is 0 Å². The summed E-state index contributed by atoms with van der Waals surface area (Å²) >= 11 is 0. The standard InChI is InChI=1S/C18H21NO6S/c1-22-15-6-4-14(12-17(15)23-2)26(20,21)19-8-7-13-3-5-16-18(11-13)25-10-9-24-16/h3-6,11-12,19H,7-10H2,1-2H3. The highest BCUT2D eigenvalue weighted by Gasteiger charge is 2.17. The summed E-state index contributed by atoms with van der Waals surface area (Å²) in [6, 6.07) is 10.1. The SMILES string of the molecule is COc1ccc(S(=O)(=O)NCCc2ccc3c(c2)OCCO3)cc1OC. The molecule has 3 rings (SSSR count). The lowest BCUT2D eigenvalue weighted by atomic mass is 10.1. The average molecular weight is 379 g/mol. The minimum Gasteiger partial charge on any atom is -0.493 e. The first kappa shape index (κ1) is 18.3. The largest absolute Gasteiger partial charge is 0.493 e. The van der Waals surface area contributed by atoms with Crippen molar-refractivity contribution < 1.29 is 27.4 Å². The van der Waals surface area contributed by atoms with Gasteiger partial charge in [0.1, 0.15) is 13.2 Å². The van der Waals surface area contributed by atoms with Gasteiger partial charge in [-0.2, -0.15) is 0 Å². The van der Waals surface area contributed by atoms with E-state index in [9.17, 15) is 8.42 Å². The molecule has 0 spiro atoms. The van der Waals surface area contributed by atoms with E-state index in [0.717, 1.165) is 5.56 Å². The van der Waals surface area contributed by atoms with Crippen LogP contribution in [0.5, 0.6) is 23.0 Å². The molecule has 0 atom stereocenters. The van der Waals surface area contributed by atoms with E-state index in [1.54, 1.807) is 6.07 Å². The second kappa shape index (κ2) is 7.84. The van der Waals surface area contributed by atoms with Crippen LogP contribution in [0.2, 0.25) is 0 Å². The Bertz CT molecular complexity index is 881. The van der Waals surface area contributed by atoms with E-state index in [4.69, 9.17) is 18.9 Å². The molecule has 0 saturated heterocycles. The molecule has 2 aromatic carbocycles. The van der Waals surface area contributed by atoms with Gasteiger partial charge in [-0.05, 0) is 36.2 Å². The summed E-state index contributed by atoms with van der Waals surface area (Å²) < 4.78 is 48.8. The zero-order valence-corrected chi connectivity index (χ0v) is 15.5. The molecule has 2 aromatic rings. The highest BCUT2D eigenvalue weighted by Crippen LogP contribution is 2.31. The molecule has 140 valence electrons. The van der Waals surface area contributed by atoms with E-state index in [0.29, 0.717) is 42.6 Å². The molecule has 0 bridgehead atoms. The zero-order valence-electron chi connectivity index (χ0n) is 14.7. The van der Waals surface area contributed by atoms with Crippen LogP contribution < -0.4 is 23.7 Å². The van der Waals surface area contributed by atoms with Crippen LogP contribution in [0.4, 0.5) is 0 Å². The average Bonchev–Trinajstić information content (AvgIpc) is 2.67. The maximum absolute atomic E-state index is 12.5. The van der Waals surface area contributed by atoms with E-state index < -0.39 is 10.0 Å². The first-order chi connectivity index (χ1) is 12.5. The van der Waals surface area contributed by atoms with Gasteiger partial charge in [0.15, 0.2) is 23.0 Å². The summed E-state index contributed by atoms with van der Waals surface area (Å²) in [6.07, 6.45) is 0.531. The van der Waals surface area contributed by atoms with Crippen molar-refractivity contribution in [3.8, 4) is 23.0 Å². The number of benzene rings is 2. The van der Waals surface area contributed by atoms with Gasteiger partial charge in [-0.25, -0.2) is 13.1 Å². The predicted molar refractivity (Wildman–Crippen MR) is 95.9 cm³/mol. The number of hydrogen-bond donors (Lipinski definition) is 1. The minimum absolute atomic E-state index is 0.123. The molecule has 8 heteroatoms. The summed E-state index contributed by atoms with van der Waals surface area (Å²) in [6.45, 7) is 1.32. The second-order valence-corrected chi connectivity index (χ2v) is 7.41. The topological polar surface area (TPSA) is 83.1 Å². The number of fused-ring (bicyclic) bond motifs is 1. The molecule has 0 aliphatic carbocycles. The summed E-state index contributed by atoms with van der Waals surface area (Å²) in [4.78, 5) is 0.123. The Morgan fingerprint density at radius 3 is 2.42 bits per heavy atom. The van der Waals surface area contributed by atoms with Crippen LogP contribution in [0.25, 0.3) is 0 Å². The van der Waals surface area contributed by atoms with Crippen LogP contribution in [0.15, 0.2) is 41.3 Å². The van der Waals surface area contributed by atoms with Crippen molar-refractivity contribution in [2.75, 3.05) is 34.0 Å². The van der Waals surface area contributed by atoms with Gasteiger partial charge >= 0.3 is 0 Å². The third-order valence-corrected chi connectivity index (χ3v) is 5.44. The lowest BCUT2D eigenvalue weighted by Crippen LogP contribution is -2.26. The lowest BCUT2D eigenvalue weighted by Gasteiger charge is -2.18. The van der Waals surface area contributed by atoms with Gasteiger partial charge < -0.3 is 18.9 Å². The van der Waals surface area contributed by atoms with Gasteiger partial charge in [-0.3, -0.25) is 0 Å². The monoisotopic (exact) mass is 379 g/mol. The lowest BCUT2D eigenvalue weighted by molar-refractivity contribution is 0.171. The smallest absolute Gasteiger partial charge is 0.240 e. The number of methoxy groups -OCH3 is 2. The number of rotatable bonds is 7. The number of nitrogens with one attached hydrogen (secondary N) is 1.